The Labute approximate surface area is 101 Å². The van der Waals surface area contributed by atoms with Crippen LogP contribution in [0.5, 0.6) is 0 Å². The molecule has 0 saturated heterocycles. The van der Waals surface area contributed by atoms with E-state index in [4.69, 9.17) is 17.3 Å². The third-order valence-electron chi connectivity index (χ3n) is 2.05. The number of nitrogens with one attached hydrogen (secondary N) is 1. The van der Waals surface area contributed by atoms with Crippen molar-refractivity contribution in [2.45, 2.75) is 25.8 Å². The van der Waals surface area contributed by atoms with E-state index in [1.54, 1.807) is 6.07 Å². The molecule has 0 aliphatic carbocycles. The summed E-state index contributed by atoms with van der Waals surface area (Å²) in [6.45, 7) is 4.18. The van der Waals surface area contributed by atoms with Crippen LogP contribution in [0.1, 0.15) is 19.4 Å². The van der Waals surface area contributed by atoms with E-state index in [0.29, 0.717) is 11.6 Å². The molecular formula is C12H17ClN2O. The average molecular weight is 241 g/mol. The number of benzene rings is 1. The van der Waals surface area contributed by atoms with Gasteiger partial charge < -0.3 is 11.1 Å². The number of hydrogen-bond acceptors (Lipinski definition) is 2. The molecule has 3 nitrogen and oxygen atoms in total. The standard InChI is InChI=1S/C12H17ClN2O/c1-12(2,14)8-15-11(16)7-9-5-3-4-6-10(9)13/h3-6H,7-8,14H2,1-2H3,(H,15,16). The van der Waals surface area contributed by atoms with E-state index in [1.807, 2.05) is 32.0 Å². The topological polar surface area (TPSA) is 55.1 Å². The first-order valence-corrected chi connectivity index (χ1v) is 5.55. The molecular weight excluding hydrogens is 224 g/mol. The molecule has 0 radical (unpaired) electrons. The smallest absolute Gasteiger partial charge is 0.224 e. The van der Waals surface area contributed by atoms with E-state index in [1.165, 1.54) is 0 Å². The van der Waals surface area contributed by atoms with Crippen molar-refractivity contribution in [3.8, 4) is 0 Å². The molecule has 88 valence electrons. The molecule has 0 heterocycles. The van der Waals surface area contributed by atoms with Crippen molar-refractivity contribution in [3.63, 3.8) is 0 Å². The Bertz CT molecular complexity index is 372. The highest BCUT2D eigenvalue weighted by Crippen LogP contribution is 2.15. The van der Waals surface area contributed by atoms with Crippen LogP contribution < -0.4 is 11.1 Å². The minimum Gasteiger partial charge on any atom is -0.354 e. The van der Waals surface area contributed by atoms with E-state index in [-0.39, 0.29) is 12.3 Å². The summed E-state index contributed by atoms with van der Waals surface area (Å²) in [6, 6.07) is 7.32. The van der Waals surface area contributed by atoms with Gasteiger partial charge in [0, 0.05) is 17.1 Å². The molecule has 1 amide bonds. The van der Waals surface area contributed by atoms with Gasteiger partial charge in [0.1, 0.15) is 0 Å². The van der Waals surface area contributed by atoms with E-state index in [0.717, 1.165) is 5.56 Å². The molecule has 0 aliphatic heterocycles. The lowest BCUT2D eigenvalue weighted by Crippen LogP contribution is -2.45. The zero-order chi connectivity index (χ0) is 12.2. The number of nitrogens with two attached hydrogens (primary N) is 1. The maximum absolute atomic E-state index is 11.6. The lowest BCUT2D eigenvalue weighted by Gasteiger charge is -2.18. The number of carbonyl (C=O) groups is 1. The summed E-state index contributed by atoms with van der Waals surface area (Å²) in [5, 5.41) is 3.39. The lowest BCUT2D eigenvalue weighted by atomic mass is 10.1. The fourth-order valence-corrected chi connectivity index (χ4v) is 1.41. The molecule has 0 aromatic heterocycles. The van der Waals surface area contributed by atoms with Gasteiger partial charge in [-0.25, -0.2) is 0 Å². The van der Waals surface area contributed by atoms with Crippen molar-refractivity contribution in [2.24, 2.45) is 5.73 Å². The Kier molecular flexibility index (Phi) is 4.33. The largest absolute Gasteiger partial charge is 0.354 e. The van der Waals surface area contributed by atoms with Crippen molar-refractivity contribution in [3.05, 3.63) is 34.9 Å². The zero-order valence-electron chi connectivity index (χ0n) is 9.59. The highest BCUT2D eigenvalue weighted by Gasteiger charge is 2.13. The van der Waals surface area contributed by atoms with Crippen molar-refractivity contribution in [1.29, 1.82) is 0 Å². The molecule has 0 unspecified atom stereocenters. The molecule has 0 saturated carbocycles. The summed E-state index contributed by atoms with van der Waals surface area (Å²) in [7, 11) is 0. The first-order valence-electron chi connectivity index (χ1n) is 5.17. The summed E-state index contributed by atoms with van der Waals surface area (Å²) in [5.41, 5.74) is 6.20. The van der Waals surface area contributed by atoms with Crippen LogP contribution in [0.15, 0.2) is 24.3 Å². The van der Waals surface area contributed by atoms with E-state index in [9.17, 15) is 4.79 Å². The fraction of sp³-hybridized carbons (Fsp3) is 0.417. The Hall–Kier alpha value is -1.06. The van der Waals surface area contributed by atoms with Crippen LogP contribution in [-0.4, -0.2) is 18.0 Å². The van der Waals surface area contributed by atoms with Crippen LogP contribution in [0.4, 0.5) is 0 Å². The van der Waals surface area contributed by atoms with Gasteiger partial charge in [-0.1, -0.05) is 29.8 Å². The van der Waals surface area contributed by atoms with Gasteiger partial charge in [-0.05, 0) is 25.5 Å². The molecule has 1 rings (SSSR count). The fourth-order valence-electron chi connectivity index (χ4n) is 1.20. The maximum Gasteiger partial charge on any atom is 0.224 e. The highest BCUT2D eigenvalue weighted by atomic mass is 35.5. The summed E-state index contributed by atoms with van der Waals surface area (Å²) in [5.74, 6) is -0.0633. The van der Waals surface area contributed by atoms with Crippen molar-refractivity contribution in [2.75, 3.05) is 6.54 Å². The van der Waals surface area contributed by atoms with Gasteiger partial charge in [0.25, 0.3) is 0 Å². The normalized spacial score (nSPS) is 11.2. The second kappa shape index (κ2) is 5.32. The maximum atomic E-state index is 11.6. The molecule has 1 aromatic carbocycles. The second-order valence-corrected chi connectivity index (χ2v) is 4.94. The molecule has 0 fully saturated rings. The van der Waals surface area contributed by atoms with E-state index in [2.05, 4.69) is 5.32 Å². The van der Waals surface area contributed by atoms with Gasteiger partial charge in [-0.15, -0.1) is 0 Å². The number of carbonyl (C=O) groups excluding carboxylic acids is 1. The van der Waals surface area contributed by atoms with E-state index < -0.39 is 5.54 Å². The highest BCUT2D eigenvalue weighted by molar-refractivity contribution is 6.31. The van der Waals surface area contributed by atoms with Crippen LogP contribution in [0.3, 0.4) is 0 Å². The van der Waals surface area contributed by atoms with Gasteiger partial charge in [-0.2, -0.15) is 0 Å². The summed E-state index contributed by atoms with van der Waals surface area (Å²) in [6.07, 6.45) is 0.287. The number of amides is 1. The van der Waals surface area contributed by atoms with E-state index >= 15 is 0 Å². The van der Waals surface area contributed by atoms with Crippen LogP contribution in [0, 0.1) is 0 Å². The van der Waals surface area contributed by atoms with Crippen molar-refractivity contribution < 1.29 is 4.79 Å². The molecule has 0 bridgehead atoms. The summed E-state index contributed by atoms with van der Waals surface area (Å²) < 4.78 is 0. The van der Waals surface area contributed by atoms with Crippen LogP contribution >= 0.6 is 11.6 Å². The minimum absolute atomic E-state index is 0.0633. The van der Waals surface area contributed by atoms with Gasteiger partial charge in [0.05, 0.1) is 6.42 Å². The predicted molar refractivity (Wildman–Crippen MR) is 66.4 cm³/mol. The van der Waals surface area contributed by atoms with Gasteiger partial charge in [0.2, 0.25) is 5.91 Å². The zero-order valence-corrected chi connectivity index (χ0v) is 10.3. The Morgan fingerprint density at radius 1 is 1.44 bits per heavy atom. The molecule has 0 spiro atoms. The quantitative estimate of drug-likeness (QED) is 0.842. The van der Waals surface area contributed by atoms with Gasteiger partial charge in [-0.3, -0.25) is 4.79 Å². The Balaban J connectivity index is 2.50. The van der Waals surface area contributed by atoms with Crippen LogP contribution in [0.2, 0.25) is 5.02 Å². The third kappa shape index (κ3) is 4.64. The van der Waals surface area contributed by atoms with Crippen molar-refractivity contribution in [1.82, 2.24) is 5.32 Å². The molecule has 0 aliphatic rings. The third-order valence-corrected chi connectivity index (χ3v) is 2.42. The predicted octanol–water partition coefficient (Wildman–Crippen LogP) is 1.74. The molecule has 4 heteroatoms. The molecule has 16 heavy (non-hydrogen) atoms. The first kappa shape index (κ1) is 13.0. The van der Waals surface area contributed by atoms with Crippen LogP contribution in [-0.2, 0) is 11.2 Å². The average Bonchev–Trinajstić information content (AvgIpc) is 2.18. The number of rotatable bonds is 4. The minimum atomic E-state index is -0.393. The Morgan fingerprint density at radius 3 is 2.62 bits per heavy atom. The monoisotopic (exact) mass is 240 g/mol. The number of hydrogen-bond donors (Lipinski definition) is 2. The second-order valence-electron chi connectivity index (χ2n) is 4.53. The summed E-state index contributed by atoms with van der Waals surface area (Å²) >= 11 is 5.95. The molecule has 1 aromatic rings. The first-order chi connectivity index (χ1) is 7.38. The Morgan fingerprint density at radius 2 is 2.06 bits per heavy atom. The summed E-state index contributed by atoms with van der Waals surface area (Å²) in [4.78, 5) is 11.6. The van der Waals surface area contributed by atoms with Gasteiger partial charge >= 0.3 is 0 Å². The lowest BCUT2D eigenvalue weighted by molar-refractivity contribution is -0.120. The SMILES string of the molecule is CC(C)(N)CNC(=O)Cc1ccccc1Cl. The molecule has 0 atom stereocenters. The number of halogens is 1. The van der Waals surface area contributed by atoms with Crippen molar-refractivity contribution >= 4 is 17.5 Å². The molecule has 3 N–H and O–H groups in total. The van der Waals surface area contributed by atoms with Gasteiger partial charge in [0.15, 0.2) is 0 Å². The van der Waals surface area contributed by atoms with Crippen LogP contribution in [0.25, 0.3) is 0 Å².